The van der Waals surface area contributed by atoms with Crippen molar-refractivity contribution in [3.05, 3.63) is 158 Å². The average molecular weight is 671 g/mol. The molecule has 0 fully saturated rings. The normalized spacial score (nSPS) is 11.9. The van der Waals surface area contributed by atoms with Crippen molar-refractivity contribution in [3.8, 4) is 39.9 Å². The molecular formula is C45H26N4OS. The van der Waals surface area contributed by atoms with Crippen molar-refractivity contribution >= 4 is 75.3 Å². The van der Waals surface area contributed by atoms with Gasteiger partial charge in [0.05, 0.1) is 21.4 Å². The van der Waals surface area contributed by atoms with E-state index in [1.54, 1.807) is 0 Å². The number of hydrogen-bond acceptors (Lipinski definition) is 5. The Morgan fingerprint density at radius 3 is 1.88 bits per heavy atom. The van der Waals surface area contributed by atoms with Gasteiger partial charge in [-0.2, -0.15) is 0 Å². The Balaban J connectivity index is 1.21. The molecule has 51 heavy (non-hydrogen) atoms. The molecule has 4 heterocycles. The van der Waals surface area contributed by atoms with Gasteiger partial charge in [-0.1, -0.05) is 133 Å². The van der Waals surface area contributed by atoms with Gasteiger partial charge in [0.25, 0.3) is 0 Å². The van der Waals surface area contributed by atoms with Crippen LogP contribution in [-0.4, -0.2) is 19.5 Å². The average Bonchev–Trinajstić information content (AvgIpc) is 3.88. The minimum absolute atomic E-state index is 0.602. The smallest absolute Gasteiger partial charge is 0.164 e. The molecule has 0 aliphatic heterocycles. The maximum absolute atomic E-state index is 6.88. The van der Waals surface area contributed by atoms with E-state index in [2.05, 4.69) is 89.5 Å². The predicted molar refractivity (Wildman–Crippen MR) is 211 cm³/mol. The Kier molecular flexibility index (Phi) is 6.05. The molecule has 0 aliphatic rings. The van der Waals surface area contributed by atoms with Gasteiger partial charge < -0.3 is 8.98 Å². The van der Waals surface area contributed by atoms with Crippen LogP contribution in [0.4, 0.5) is 0 Å². The second-order valence-electron chi connectivity index (χ2n) is 12.8. The lowest BCUT2D eigenvalue weighted by Gasteiger charge is -2.10. The molecule has 0 radical (unpaired) electrons. The molecule has 0 spiro atoms. The zero-order chi connectivity index (χ0) is 33.5. The van der Waals surface area contributed by atoms with Crippen molar-refractivity contribution in [2.45, 2.75) is 0 Å². The standard InChI is InChI=1S/C45H26N4OS/c1-3-13-27(14-4-1)43-46-44(28-15-5-2-6-16-28)48-45(47-43)34-20-12-23-37-39(34)33-19-11-22-36(41(33)50-37)49-35-21-9-7-17-29(35)31-25-26-32-30-18-8-10-24-38(30)51-42(32)40(31)49/h1-26H. The molecule has 6 heteroatoms. The molecule has 238 valence electrons. The number of furan rings is 1. The van der Waals surface area contributed by atoms with Gasteiger partial charge in [-0.3, -0.25) is 0 Å². The van der Waals surface area contributed by atoms with Crippen LogP contribution in [0.15, 0.2) is 162 Å². The fraction of sp³-hybridized carbons (Fsp3) is 0. The summed E-state index contributed by atoms with van der Waals surface area (Å²) < 4.78 is 11.8. The number of rotatable bonds is 4. The molecule has 0 saturated heterocycles. The Labute approximate surface area is 295 Å². The summed E-state index contributed by atoms with van der Waals surface area (Å²) in [4.78, 5) is 15.1. The molecule has 7 aromatic carbocycles. The van der Waals surface area contributed by atoms with Gasteiger partial charge in [0.1, 0.15) is 5.58 Å². The fourth-order valence-electron chi connectivity index (χ4n) is 7.61. The molecule has 0 N–H and O–H groups in total. The summed E-state index contributed by atoms with van der Waals surface area (Å²) in [6, 6.07) is 54.7. The highest BCUT2D eigenvalue weighted by Gasteiger charge is 2.23. The molecule has 0 saturated carbocycles. The van der Waals surface area contributed by atoms with E-state index < -0.39 is 0 Å². The van der Waals surface area contributed by atoms with E-state index in [9.17, 15) is 0 Å². The quantitative estimate of drug-likeness (QED) is 0.187. The number of fused-ring (bicyclic) bond motifs is 10. The van der Waals surface area contributed by atoms with Crippen LogP contribution >= 0.6 is 11.3 Å². The van der Waals surface area contributed by atoms with E-state index in [1.807, 2.05) is 84.1 Å². The van der Waals surface area contributed by atoms with Crippen molar-refractivity contribution in [2.75, 3.05) is 0 Å². The van der Waals surface area contributed by atoms with E-state index in [0.717, 1.165) is 49.8 Å². The van der Waals surface area contributed by atoms with Crippen LogP contribution in [0.5, 0.6) is 0 Å². The molecule has 0 unspecified atom stereocenters. The molecule has 0 amide bonds. The first-order valence-electron chi connectivity index (χ1n) is 17.0. The third-order valence-electron chi connectivity index (χ3n) is 9.86. The van der Waals surface area contributed by atoms with Gasteiger partial charge in [-0.25, -0.2) is 15.0 Å². The van der Waals surface area contributed by atoms with E-state index in [4.69, 9.17) is 19.4 Å². The van der Waals surface area contributed by atoms with Crippen LogP contribution in [0.1, 0.15) is 0 Å². The molecule has 0 aliphatic carbocycles. The van der Waals surface area contributed by atoms with Crippen molar-refractivity contribution in [1.29, 1.82) is 0 Å². The second kappa shape index (κ2) is 10.9. The lowest BCUT2D eigenvalue weighted by atomic mass is 10.0. The summed E-state index contributed by atoms with van der Waals surface area (Å²) in [5.41, 5.74) is 7.70. The lowest BCUT2D eigenvalue weighted by molar-refractivity contribution is 0.666. The van der Waals surface area contributed by atoms with E-state index in [1.165, 1.54) is 36.5 Å². The largest absolute Gasteiger partial charge is 0.454 e. The molecular weight excluding hydrogens is 645 g/mol. The first kappa shape index (κ1) is 28.2. The molecule has 0 bridgehead atoms. The Morgan fingerprint density at radius 1 is 0.471 bits per heavy atom. The van der Waals surface area contributed by atoms with Gasteiger partial charge in [0, 0.05) is 53.7 Å². The topological polar surface area (TPSA) is 56.7 Å². The van der Waals surface area contributed by atoms with E-state index in [0.29, 0.717) is 17.5 Å². The molecule has 0 atom stereocenters. The highest BCUT2D eigenvalue weighted by Crippen LogP contribution is 2.45. The second-order valence-corrected chi connectivity index (χ2v) is 13.8. The summed E-state index contributed by atoms with van der Waals surface area (Å²) in [5, 5.41) is 6.98. The van der Waals surface area contributed by atoms with Crippen molar-refractivity contribution in [1.82, 2.24) is 19.5 Å². The maximum Gasteiger partial charge on any atom is 0.164 e. The van der Waals surface area contributed by atoms with Gasteiger partial charge in [0.2, 0.25) is 0 Å². The van der Waals surface area contributed by atoms with Gasteiger partial charge in [-0.05, 0) is 24.3 Å². The molecule has 4 aromatic heterocycles. The van der Waals surface area contributed by atoms with Crippen LogP contribution in [0.2, 0.25) is 0 Å². The van der Waals surface area contributed by atoms with Crippen molar-refractivity contribution in [2.24, 2.45) is 0 Å². The highest BCUT2D eigenvalue weighted by atomic mass is 32.1. The number of hydrogen-bond donors (Lipinski definition) is 0. The molecule has 11 aromatic rings. The zero-order valence-electron chi connectivity index (χ0n) is 27.1. The number of thiophene rings is 1. The number of nitrogens with zero attached hydrogens (tertiary/aromatic N) is 4. The summed E-state index contributed by atoms with van der Waals surface area (Å²) in [6.07, 6.45) is 0. The summed E-state index contributed by atoms with van der Waals surface area (Å²) in [6.45, 7) is 0. The van der Waals surface area contributed by atoms with Gasteiger partial charge >= 0.3 is 0 Å². The first-order chi connectivity index (χ1) is 25.3. The monoisotopic (exact) mass is 670 g/mol. The summed E-state index contributed by atoms with van der Waals surface area (Å²) >= 11 is 1.85. The minimum Gasteiger partial charge on any atom is -0.454 e. The van der Waals surface area contributed by atoms with E-state index in [-0.39, 0.29) is 0 Å². The number of para-hydroxylation sites is 2. The first-order valence-corrected chi connectivity index (χ1v) is 17.8. The molecule has 11 rings (SSSR count). The third kappa shape index (κ3) is 4.24. The van der Waals surface area contributed by atoms with Crippen molar-refractivity contribution in [3.63, 3.8) is 0 Å². The Morgan fingerprint density at radius 2 is 1.10 bits per heavy atom. The Hall–Kier alpha value is -6.63. The van der Waals surface area contributed by atoms with Gasteiger partial charge in [-0.15, -0.1) is 11.3 Å². The summed E-state index contributed by atoms with van der Waals surface area (Å²) in [5.74, 6) is 1.86. The highest BCUT2D eigenvalue weighted by molar-refractivity contribution is 7.26. The summed E-state index contributed by atoms with van der Waals surface area (Å²) in [7, 11) is 0. The zero-order valence-corrected chi connectivity index (χ0v) is 27.9. The number of aromatic nitrogens is 4. The maximum atomic E-state index is 6.88. The van der Waals surface area contributed by atoms with Gasteiger partial charge in [0.15, 0.2) is 23.1 Å². The van der Waals surface area contributed by atoms with E-state index >= 15 is 0 Å². The number of benzene rings is 7. The SMILES string of the molecule is c1ccc(-c2nc(-c3ccccc3)nc(-c3cccc4oc5c(-n6c7ccccc7c7ccc8c9ccccc9sc8c76)cccc5c34)n2)cc1. The van der Waals surface area contributed by atoms with Crippen LogP contribution in [0, 0.1) is 0 Å². The minimum atomic E-state index is 0.602. The van der Waals surface area contributed by atoms with Crippen LogP contribution in [-0.2, 0) is 0 Å². The Bertz CT molecular complexity index is 3080. The fourth-order valence-corrected chi connectivity index (χ4v) is 8.85. The molecule has 5 nitrogen and oxygen atoms in total. The van der Waals surface area contributed by atoms with Crippen LogP contribution in [0.3, 0.4) is 0 Å². The lowest BCUT2D eigenvalue weighted by Crippen LogP contribution is -2.00. The third-order valence-corrected chi connectivity index (χ3v) is 11.1. The van der Waals surface area contributed by atoms with Crippen molar-refractivity contribution < 1.29 is 4.42 Å². The van der Waals surface area contributed by atoms with Crippen LogP contribution in [0.25, 0.3) is 104 Å². The van der Waals surface area contributed by atoms with Crippen LogP contribution < -0.4 is 0 Å². The predicted octanol–water partition coefficient (Wildman–Crippen LogP) is 12.2.